The predicted octanol–water partition coefficient (Wildman–Crippen LogP) is 1.27. The molecule has 0 spiro atoms. The van der Waals surface area contributed by atoms with E-state index in [9.17, 15) is 13.2 Å². The van der Waals surface area contributed by atoms with Gasteiger partial charge in [0, 0.05) is 25.6 Å². The molecule has 0 aromatic heterocycles. The molecule has 1 saturated heterocycles. The summed E-state index contributed by atoms with van der Waals surface area (Å²) < 4.78 is 41.8. The predicted molar refractivity (Wildman–Crippen MR) is 62.9 cm³/mol. The molecular weight excluding hydrogens is 247 g/mol. The molecule has 7 heteroatoms. The zero-order valence-electron chi connectivity index (χ0n) is 10.7. The van der Waals surface area contributed by atoms with Crippen molar-refractivity contribution in [2.75, 3.05) is 26.2 Å². The van der Waals surface area contributed by atoms with Gasteiger partial charge >= 0.3 is 6.18 Å². The lowest BCUT2D eigenvalue weighted by Gasteiger charge is -2.36. The molecule has 1 heterocycles. The van der Waals surface area contributed by atoms with E-state index in [1.54, 1.807) is 0 Å². The Morgan fingerprint density at radius 2 is 2.22 bits per heavy atom. The minimum absolute atomic E-state index is 0.0738. The second-order valence-electron chi connectivity index (χ2n) is 4.58. The summed E-state index contributed by atoms with van der Waals surface area (Å²) in [4.78, 5) is 2.21. The summed E-state index contributed by atoms with van der Waals surface area (Å²) in [5.41, 5.74) is 2.58. The van der Waals surface area contributed by atoms with Gasteiger partial charge < -0.3 is 4.74 Å². The number of likely N-dealkylation sites (N-methyl/N-ethyl adjacent to an activating group) is 1. The second kappa shape index (κ2) is 7.28. The van der Waals surface area contributed by atoms with Gasteiger partial charge in [-0.1, -0.05) is 6.92 Å². The van der Waals surface area contributed by atoms with Crippen LogP contribution in [0.25, 0.3) is 0 Å². The first-order chi connectivity index (χ1) is 8.46. The topological polar surface area (TPSA) is 50.5 Å². The Kier molecular flexibility index (Phi) is 6.34. The van der Waals surface area contributed by atoms with Crippen molar-refractivity contribution < 1.29 is 17.9 Å². The van der Waals surface area contributed by atoms with Crippen molar-refractivity contribution in [2.45, 2.75) is 44.5 Å². The highest BCUT2D eigenvalue weighted by molar-refractivity contribution is 4.81. The summed E-state index contributed by atoms with van der Waals surface area (Å²) in [7, 11) is 0. The Morgan fingerprint density at radius 1 is 1.50 bits per heavy atom. The van der Waals surface area contributed by atoms with E-state index < -0.39 is 12.6 Å². The molecule has 108 valence electrons. The van der Waals surface area contributed by atoms with Crippen LogP contribution >= 0.6 is 0 Å². The summed E-state index contributed by atoms with van der Waals surface area (Å²) >= 11 is 0. The normalized spacial score (nSPS) is 24.2. The van der Waals surface area contributed by atoms with Crippen molar-refractivity contribution in [3.8, 4) is 0 Å². The van der Waals surface area contributed by atoms with Gasteiger partial charge in [0.1, 0.15) is 0 Å². The van der Waals surface area contributed by atoms with Crippen LogP contribution in [0.2, 0.25) is 0 Å². The quantitative estimate of drug-likeness (QED) is 0.563. The van der Waals surface area contributed by atoms with E-state index >= 15 is 0 Å². The van der Waals surface area contributed by atoms with Gasteiger partial charge in [0.05, 0.1) is 12.7 Å². The number of hydrogen-bond acceptors (Lipinski definition) is 4. The van der Waals surface area contributed by atoms with Gasteiger partial charge in [-0.05, 0) is 19.4 Å². The van der Waals surface area contributed by atoms with Crippen LogP contribution in [0, 0.1) is 0 Å². The highest BCUT2D eigenvalue weighted by Gasteiger charge is 2.30. The smallest absolute Gasteiger partial charge is 0.374 e. The van der Waals surface area contributed by atoms with Crippen LogP contribution < -0.4 is 11.3 Å². The highest BCUT2D eigenvalue weighted by atomic mass is 19.4. The Labute approximate surface area is 106 Å². The van der Waals surface area contributed by atoms with Gasteiger partial charge in [0.15, 0.2) is 0 Å². The molecule has 1 aliphatic heterocycles. The molecule has 0 saturated carbocycles. The number of ether oxygens (including phenoxy) is 1. The third kappa shape index (κ3) is 5.51. The third-order valence-electron chi connectivity index (χ3n) is 3.26. The summed E-state index contributed by atoms with van der Waals surface area (Å²) in [6.45, 7) is 5.16. The lowest BCUT2D eigenvalue weighted by Crippen LogP contribution is -2.53. The molecule has 0 aromatic carbocycles. The third-order valence-corrected chi connectivity index (χ3v) is 3.26. The number of hydrogen-bond donors (Lipinski definition) is 2. The maximum atomic E-state index is 12.1. The molecule has 0 aromatic rings. The number of rotatable bonds is 6. The molecule has 0 amide bonds. The number of nitrogens with one attached hydrogen (secondary N) is 1. The molecule has 0 bridgehead atoms. The van der Waals surface area contributed by atoms with E-state index in [-0.39, 0.29) is 18.6 Å². The fourth-order valence-electron chi connectivity index (χ4n) is 2.16. The standard InChI is InChI=1S/C11H22F3N3O/c1-2-17-6-7-18-10(8-17)9(16-15)4-3-5-11(12,13)14/h9-10,16H,2-8,15H2,1H3. The van der Waals surface area contributed by atoms with E-state index in [0.29, 0.717) is 13.0 Å². The monoisotopic (exact) mass is 269 g/mol. The summed E-state index contributed by atoms with van der Waals surface area (Å²) in [6, 6.07) is -0.221. The first-order valence-corrected chi connectivity index (χ1v) is 6.33. The van der Waals surface area contributed by atoms with Gasteiger partial charge in [0.2, 0.25) is 0 Å². The number of morpholine rings is 1. The van der Waals surface area contributed by atoms with Crippen molar-refractivity contribution in [1.82, 2.24) is 10.3 Å². The first-order valence-electron chi connectivity index (χ1n) is 6.33. The van der Waals surface area contributed by atoms with Crippen molar-refractivity contribution in [3.05, 3.63) is 0 Å². The van der Waals surface area contributed by atoms with Crippen molar-refractivity contribution in [2.24, 2.45) is 5.84 Å². The van der Waals surface area contributed by atoms with Crippen molar-refractivity contribution >= 4 is 0 Å². The molecular formula is C11H22F3N3O. The fraction of sp³-hybridized carbons (Fsp3) is 1.00. The highest BCUT2D eigenvalue weighted by Crippen LogP contribution is 2.23. The average molecular weight is 269 g/mol. The maximum absolute atomic E-state index is 12.1. The van der Waals surface area contributed by atoms with Crippen molar-refractivity contribution in [1.29, 1.82) is 0 Å². The SMILES string of the molecule is CCN1CCOC(C(CCCC(F)(F)F)NN)C1. The largest absolute Gasteiger partial charge is 0.389 e. The minimum Gasteiger partial charge on any atom is -0.374 e. The van der Waals surface area contributed by atoms with Crippen LogP contribution in [-0.2, 0) is 4.74 Å². The van der Waals surface area contributed by atoms with Crippen LogP contribution in [0.4, 0.5) is 13.2 Å². The molecule has 1 fully saturated rings. The Bertz CT molecular complexity index is 238. The average Bonchev–Trinajstić information content (AvgIpc) is 2.33. The van der Waals surface area contributed by atoms with Gasteiger partial charge in [-0.15, -0.1) is 0 Å². The molecule has 1 aliphatic rings. The molecule has 18 heavy (non-hydrogen) atoms. The molecule has 4 nitrogen and oxygen atoms in total. The zero-order chi connectivity index (χ0) is 13.6. The van der Waals surface area contributed by atoms with E-state index in [1.165, 1.54) is 0 Å². The fourth-order valence-corrected chi connectivity index (χ4v) is 2.16. The van der Waals surface area contributed by atoms with Crippen molar-refractivity contribution in [3.63, 3.8) is 0 Å². The maximum Gasteiger partial charge on any atom is 0.389 e. The zero-order valence-corrected chi connectivity index (χ0v) is 10.7. The van der Waals surface area contributed by atoms with E-state index in [0.717, 1.165) is 19.6 Å². The molecule has 2 atom stereocenters. The second-order valence-corrected chi connectivity index (χ2v) is 4.58. The molecule has 1 rings (SSSR count). The summed E-state index contributed by atoms with van der Waals surface area (Å²) in [5, 5.41) is 0. The van der Waals surface area contributed by atoms with E-state index in [1.807, 2.05) is 0 Å². The van der Waals surface area contributed by atoms with Gasteiger partial charge in [-0.25, -0.2) is 0 Å². The minimum atomic E-state index is -4.10. The molecule has 0 radical (unpaired) electrons. The van der Waals surface area contributed by atoms with Crippen LogP contribution in [0.1, 0.15) is 26.2 Å². The number of nitrogens with zero attached hydrogens (tertiary/aromatic N) is 1. The number of nitrogens with two attached hydrogens (primary N) is 1. The van der Waals surface area contributed by atoms with E-state index in [4.69, 9.17) is 10.6 Å². The summed E-state index contributed by atoms with van der Waals surface area (Å²) in [6.07, 6.45) is -4.54. The molecule has 3 N–H and O–H groups in total. The van der Waals surface area contributed by atoms with Crippen LogP contribution in [0.15, 0.2) is 0 Å². The van der Waals surface area contributed by atoms with Crippen LogP contribution in [-0.4, -0.2) is 49.5 Å². The molecule has 0 aliphatic carbocycles. The number of alkyl halides is 3. The lowest BCUT2D eigenvalue weighted by molar-refractivity contribution is -0.136. The van der Waals surface area contributed by atoms with E-state index in [2.05, 4.69) is 17.2 Å². The van der Waals surface area contributed by atoms with Gasteiger partial charge in [-0.3, -0.25) is 16.2 Å². The first kappa shape index (κ1) is 15.7. The van der Waals surface area contributed by atoms with Crippen LogP contribution in [0.3, 0.4) is 0 Å². The van der Waals surface area contributed by atoms with Gasteiger partial charge in [0.25, 0.3) is 0 Å². The van der Waals surface area contributed by atoms with Crippen LogP contribution in [0.5, 0.6) is 0 Å². The number of hydrazine groups is 1. The Hall–Kier alpha value is -0.370. The Morgan fingerprint density at radius 3 is 2.78 bits per heavy atom. The summed E-state index contributed by atoms with van der Waals surface area (Å²) in [5.74, 6) is 5.41. The molecule has 2 unspecified atom stereocenters. The number of halogens is 3. The Balaban J connectivity index is 2.35. The lowest BCUT2D eigenvalue weighted by atomic mass is 10.0. The van der Waals surface area contributed by atoms with Gasteiger partial charge in [-0.2, -0.15) is 13.2 Å².